The van der Waals surface area contributed by atoms with Gasteiger partial charge in [0.25, 0.3) is 0 Å². The van der Waals surface area contributed by atoms with Gasteiger partial charge in [-0.2, -0.15) is 5.26 Å². The second-order valence-corrected chi connectivity index (χ2v) is 6.88. The van der Waals surface area contributed by atoms with Gasteiger partial charge in [-0.25, -0.2) is 4.39 Å². The van der Waals surface area contributed by atoms with Crippen molar-refractivity contribution in [2.45, 2.75) is 32.1 Å². The van der Waals surface area contributed by atoms with Gasteiger partial charge in [0.1, 0.15) is 23.2 Å². The number of nitriles is 1. The molecule has 2 aromatic rings. The second-order valence-electron chi connectivity index (χ2n) is 6.88. The Hall–Kier alpha value is -3.01. The lowest BCUT2D eigenvalue weighted by molar-refractivity contribution is 0.376. The fourth-order valence-electron chi connectivity index (χ4n) is 3.00. The largest absolute Gasteiger partial charge is 0.497 e. The molecule has 1 aromatic carbocycles. The predicted octanol–water partition coefficient (Wildman–Crippen LogP) is 3.07. The zero-order valence-electron chi connectivity index (χ0n) is 14.5. The van der Waals surface area contributed by atoms with Crippen LogP contribution in [0, 0.1) is 17.1 Å². The molecule has 0 aliphatic carbocycles. The normalized spacial score (nSPS) is 16.9. The third-order valence-corrected chi connectivity index (χ3v) is 4.20. The number of hydrogen-bond acceptors (Lipinski definition) is 5. The van der Waals surface area contributed by atoms with Gasteiger partial charge in [-0.05, 0) is 18.2 Å². The van der Waals surface area contributed by atoms with E-state index in [-0.39, 0.29) is 28.3 Å². The van der Waals surface area contributed by atoms with Crippen LogP contribution in [-0.2, 0) is 5.41 Å². The molecule has 0 saturated carbocycles. The van der Waals surface area contributed by atoms with Crippen molar-refractivity contribution in [3.63, 3.8) is 0 Å². The number of H-pyrrole nitrogens is 1. The Morgan fingerprint density at radius 2 is 2.12 bits per heavy atom. The monoisotopic (exact) mass is 342 g/mol. The summed E-state index contributed by atoms with van der Waals surface area (Å²) in [6.45, 7) is 5.98. The van der Waals surface area contributed by atoms with Crippen molar-refractivity contribution in [2.75, 3.05) is 7.11 Å². The van der Waals surface area contributed by atoms with Crippen molar-refractivity contribution in [3.05, 3.63) is 52.3 Å². The van der Waals surface area contributed by atoms with Crippen LogP contribution < -0.4 is 15.2 Å². The van der Waals surface area contributed by atoms with Gasteiger partial charge in [-0.1, -0.05) is 20.8 Å². The molecule has 0 amide bonds. The highest BCUT2D eigenvalue weighted by Crippen LogP contribution is 2.46. The number of fused-ring (bicyclic) bond motifs is 1. The smallest absolute Gasteiger partial charge is 0.244 e. The molecule has 2 heterocycles. The van der Waals surface area contributed by atoms with Crippen LogP contribution in [0.15, 0.2) is 29.7 Å². The molecule has 7 heteroatoms. The molecule has 1 aliphatic rings. The van der Waals surface area contributed by atoms with E-state index in [1.54, 1.807) is 6.07 Å². The van der Waals surface area contributed by atoms with Gasteiger partial charge in [0.15, 0.2) is 0 Å². The van der Waals surface area contributed by atoms with E-state index < -0.39 is 11.7 Å². The molecule has 1 aliphatic heterocycles. The van der Waals surface area contributed by atoms with Crippen LogP contribution in [0.1, 0.15) is 43.5 Å². The quantitative estimate of drug-likeness (QED) is 0.874. The first-order valence-corrected chi connectivity index (χ1v) is 7.77. The van der Waals surface area contributed by atoms with Crippen molar-refractivity contribution in [2.24, 2.45) is 5.73 Å². The minimum absolute atomic E-state index is 0.0748. The number of nitrogens with one attached hydrogen (secondary N) is 1. The van der Waals surface area contributed by atoms with Crippen molar-refractivity contribution >= 4 is 0 Å². The second kappa shape index (κ2) is 5.81. The lowest BCUT2D eigenvalue weighted by Gasteiger charge is -2.27. The first-order valence-electron chi connectivity index (χ1n) is 7.77. The lowest BCUT2D eigenvalue weighted by atomic mass is 9.78. The van der Waals surface area contributed by atoms with E-state index in [0.717, 1.165) is 5.69 Å². The maximum absolute atomic E-state index is 14.7. The minimum Gasteiger partial charge on any atom is -0.497 e. The number of ether oxygens (including phenoxy) is 2. The van der Waals surface area contributed by atoms with E-state index in [9.17, 15) is 9.65 Å². The molecule has 25 heavy (non-hydrogen) atoms. The fourth-order valence-corrected chi connectivity index (χ4v) is 3.00. The Bertz CT molecular complexity index is 903. The van der Waals surface area contributed by atoms with E-state index in [4.69, 9.17) is 15.2 Å². The number of aromatic nitrogens is 2. The highest BCUT2D eigenvalue weighted by molar-refractivity contribution is 5.57. The van der Waals surface area contributed by atoms with Gasteiger partial charge >= 0.3 is 0 Å². The summed E-state index contributed by atoms with van der Waals surface area (Å²) in [5.41, 5.74) is 7.39. The summed E-state index contributed by atoms with van der Waals surface area (Å²) in [4.78, 5) is 0. The molecule has 0 spiro atoms. The molecule has 0 fully saturated rings. The standard InChI is InChI=1S/C18H19FN4O2/c1-18(2,3)15-14-13(10-7-9(24-4)5-6-12(10)19)11(8-20)16(21)25-17(14)23-22-15/h5-7,13H,21H2,1-4H3,(H,22,23)/t13-/m1/s1. The number of nitrogens with two attached hydrogens (primary N) is 1. The number of nitrogens with zero attached hydrogens (tertiary/aromatic N) is 2. The molecule has 3 rings (SSSR count). The van der Waals surface area contributed by atoms with Crippen molar-refractivity contribution < 1.29 is 13.9 Å². The topological polar surface area (TPSA) is 96.9 Å². The Kier molecular flexibility index (Phi) is 3.91. The Morgan fingerprint density at radius 3 is 2.72 bits per heavy atom. The van der Waals surface area contributed by atoms with Crippen LogP contribution >= 0.6 is 0 Å². The molecular weight excluding hydrogens is 323 g/mol. The van der Waals surface area contributed by atoms with Crippen molar-refractivity contribution in [1.29, 1.82) is 5.26 Å². The van der Waals surface area contributed by atoms with E-state index in [2.05, 4.69) is 16.3 Å². The first-order chi connectivity index (χ1) is 11.8. The molecule has 130 valence electrons. The summed E-state index contributed by atoms with van der Waals surface area (Å²) < 4.78 is 25.4. The highest BCUT2D eigenvalue weighted by Gasteiger charge is 2.39. The number of rotatable bonds is 2. The Labute approximate surface area is 145 Å². The zero-order valence-corrected chi connectivity index (χ0v) is 14.5. The fraction of sp³-hybridized carbons (Fsp3) is 0.333. The number of hydrogen-bond donors (Lipinski definition) is 2. The molecule has 0 radical (unpaired) electrons. The van der Waals surface area contributed by atoms with Crippen LogP contribution in [0.4, 0.5) is 4.39 Å². The molecule has 0 unspecified atom stereocenters. The molecule has 1 aromatic heterocycles. The van der Waals surface area contributed by atoms with Crippen LogP contribution in [-0.4, -0.2) is 17.3 Å². The van der Waals surface area contributed by atoms with E-state index >= 15 is 0 Å². The average Bonchev–Trinajstić information content (AvgIpc) is 2.97. The van der Waals surface area contributed by atoms with E-state index in [1.807, 2.05) is 20.8 Å². The number of halogens is 1. The summed E-state index contributed by atoms with van der Waals surface area (Å²) >= 11 is 0. The Morgan fingerprint density at radius 1 is 1.40 bits per heavy atom. The minimum atomic E-state index is -0.725. The summed E-state index contributed by atoms with van der Waals surface area (Å²) in [6.07, 6.45) is 0. The molecule has 3 N–H and O–H groups in total. The molecule has 1 atom stereocenters. The summed E-state index contributed by atoms with van der Waals surface area (Å²) in [5, 5.41) is 16.7. The van der Waals surface area contributed by atoms with Gasteiger partial charge in [-0.3, -0.25) is 5.10 Å². The van der Waals surface area contributed by atoms with Crippen LogP contribution in [0.3, 0.4) is 0 Å². The van der Waals surface area contributed by atoms with Crippen molar-refractivity contribution in [3.8, 4) is 17.7 Å². The third-order valence-electron chi connectivity index (χ3n) is 4.20. The van der Waals surface area contributed by atoms with E-state index in [1.165, 1.54) is 19.2 Å². The molecule has 6 nitrogen and oxygen atoms in total. The average molecular weight is 342 g/mol. The van der Waals surface area contributed by atoms with Gasteiger partial charge in [0.05, 0.1) is 18.6 Å². The predicted molar refractivity (Wildman–Crippen MR) is 89.5 cm³/mol. The highest BCUT2D eigenvalue weighted by atomic mass is 19.1. The maximum Gasteiger partial charge on any atom is 0.244 e. The van der Waals surface area contributed by atoms with E-state index in [0.29, 0.717) is 11.3 Å². The van der Waals surface area contributed by atoms with Crippen molar-refractivity contribution in [1.82, 2.24) is 10.2 Å². The first kappa shape index (κ1) is 16.8. The summed E-state index contributed by atoms with van der Waals surface area (Å²) in [5.74, 6) is -0.513. The summed E-state index contributed by atoms with van der Waals surface area (Å²) in [6, 6.07) is 6.46. The van der Waals surface area contributed by atoms with Gasteiger partial charge in [0.2, 0.25) is 11.8 Å². The number of benzene rings is 1. The van der Waals surface area contributed by atoms with Gasteiger partial charge in [0, 0.05) is 16.7 Å². The molecular formula is C18H19FN4O2. The zero-order chi connectivity index (χ0) is 18.4. The third kappa shape index (κ3) is 2.70. The summed E-state index contributed by atoms with van der Waals surface area (Å²) in [7, 11) is 1.50. The van der Waals surface area contributed by atoms with Crippen LogP contribution in [0.5, 0.6) is 11.6 Å². The van der Waals surface area contributed by atoms with Crippen LogP contribution in [0.2, 0.25) is 0 Å². The molecule has 0 saturated heterocycles. The SMILES string of the molecule is COc1ccc(F)c([C@@H]2C(C#N)=C(N)Oc3n[nH]c(C(C)(C)C)c32)c1. The molecule has 0 bridgehead atoms. The van der Waals surface area contributed by atoms with Crippen LogP contribution in [0.25, 0.3) is 0 Å². The van der Waals surface area contributed by atoms with Gasteiger partial charge < -0.3 is 15.2 Å². The van der Waals surface area contributed by atoms with Gasteiger partial charge in [-0.15, -0.1) is 5.10 Å². The number of aromatic amines is 1. The maximum atomic E-state index is 14.7. The number of methoxy groups -OCH3 is 1. The lowest BCUT2D eigenvalue weighted by Crippen LogP contribution is -2.24. The Balaban J connectivity index is 2.32. The number of allylic oxidation sites excluding steroid dienone is 1.